The lowest BCUT2D eigenvalue weighted by atomic mass is 10.1. The summed E-state index contributed by atoms with van der Waals surface area (Å²) < 4.78 is 13.1. The van der Waals surface area contributed by atoms with Crippen LogP contribution in [0.2, 0.25) is 0 Å². The molecule has 0 saturated carbocycles. The first-order valence-corrected chi connectivity index (χ1v) is 9.35. The average Bonchev–Trinajstić information content (AvgIpc) is 2.94. The van der Waals surface area contributed by atoms with Crippen molar-refractivity contribution in [1.82, 2.24) is 9.88 Å². The highest BCUT2D eigenvalue weighted by Gasteiger charge is 2.20. The van der Waals surface area contributed by atoms with E-state index in [2.05, 4.69) is 14.8 Å². The van der Waals surface area contributed by atoms with Gasteiger partial charge >= 0.3 is 0 Å². The van der Waals surface area contributed by atoms with Gasteiger partial charge in [-0.2, -0.15) is 0 Å². The fraction of sp³-hybridized carbons (Fsp3) is 0.286. The minimum atomic E-state index is -0.360. The Bertz CT molecular complexity index is 993. The number of nitro groups is 1. The normalized spacial score (nSPS) is 15.5. The van der Waals surface area contributed by atoms with Gasteiger partial charge in [-0.25, -0.2) is 4.39 Å². The number of hydrogen-bond donors (Lipinski definition) is 0. The molecule has 4 rings (SSSR count). The topological polar surface area (TPSA) is 62.5 Å². The van der Waals surface area contributed by atoms with Crippen LogP contribution in [0.4, 0.5) is 15.8 Å². The van der Waals surface area contributed by atoms with E-state index < -0.39 is 0 Å². The van der Waals surface area contributed by atoms with E-state index in [9.17, 15) is 14.5 Å². The number of benzene rings is 2. The molecule has 3 aromatic rings. The van der Waals surface area contributed by atoms with Gasteiger partial charge in [0.25, 0.3) is 5.69 Å². The molecule has 0 unspecified atom stereocenters. The largest absolute Gasteiger partial charge is 0.370 e. The summed E-state index contributed by atoms with van der Waals surface area (Å²) >= 11 is 0. The van der Waals surface area contributed by atoms with Crippen molar-refractivity contribution in [3.63, 3.8) is 0 Å². The third kappa shape index (κ3) is 3.80. The maximum absolute atomic E-state index is 13.1. The zero-order valence-electron chi connectivity index (χ0n) is 15.4. The molecule has 0 atom stereocenters. The molecule has 0 spiro atoms. The smallest absolute Gasteiger partial charge is 0.278 e. The summed E-state index contributed by atoms with van der Waals surface area (Å²) in [6, 6.07) is 11.9. The van der Waals surface area contributed by atoms with Gasteiger partial charge in [-0.15, -0.1) is 0 Å². The summed E-state index contributed by atoms with van der Waals surface area (Å²) in [5.41, 5.74) is 2.19. The van der Waals surface area contributed by atoms with E-state index in [-0.39, 0.29) is 16.4 Å². The summed E-state index contributed by atoms with van der Waals surface area (Å²) in [6.07, 6.45) is 4.23. The quantitative estimate of drug-likeness (QED) is 0.506. The highest BCUT2D eigenvalue weighted by atomic mass is 19.1. The van der Waals surface area contributed by atoms with Crippen molar-refractivity contribution in [2.24, 2.45) is 0 Å². The van der Waals surface area contributed by atoms with Gasteiger partial charge in [0.2, 0.25) is 0 Å². The maximum atomic E-state index is 13.1. The van der Waals surface area contributed by atoms with Gasteiger partial charge in [0.15, 0.2) is 0 Å². The van der Waals surface area contributed by atoms with E-state index >= 15 is 0 Å². The van der Waals surface area contributed by atoms with Crippen LogP contribution in [0, 0.1) is 15.9 Å². The van der Waals surface area contributed by atoms with Crippen LogP contribution in [0.15, 0.2) is 54.9 Å². The first-order valence-electron chi connectivity index (χ1n) is 9.35. The second-order valence-corrected chi connectivity index (χ2v) is 7.03. The van der Waals surface area contributed by atoms with Gasteiger partial charge < -0.3 is 4.90 Å². The lowest BCUT2D eigenvalue weighted by Crippen LogP contribution is -2.30. The first kappa shape index (κ1) is 18.3. The Morgan fingerprint density at radius 3 is 2.61 bits per heavy atom. The van der Waals surface area contributed by atoms with Crippen molar-refractivity contribution in [2.75, 3.05) is 31.1 Å². The Morgan fingerprint density at radius 1 is 1.00 bits per heavy atom. The number of nitro benzene ring substituents is 1. The predicted molar refractivity (Wildman–Crippen MR) is 107 cm³/mol. The summed E-state index contributed by atoms with van der Waals surface area (Å²) in [5.74, 6) is -0.217. The van der Waals surface area contributed by atoms with Gasteiger partial charge in [-0.3, -0.25) is 20.0 Å². The minimum absolute atomic E-state index is 0.0830. The van der Waals surface area contributed by atoms with Gasteiger partial charge in [0, 0.05) is 62.3 Å². The molecule has 0 bridgehead atoms. The third-order valence-electron chi connectivity index (χ3n) is 5.22. The average molecular weight is 380 g/mol. The van der Waals surface area contributed by atoms with Gasteiger partial charge in [0.05, 0.1) is 10.3 Å². The third-order valence-corrected chi connectivity index (χ3v) is 5.22. The molecule has 1 fully saturated rings. The van der Waals surface area contributed by atoms with Crippen molar-refractivity contribution in [2.45, 2.75) is 13.0 Å². The Kier molecular flexibility index (Phi) is 5.16. The molecule has 1 aliphatic rings. The molecule has 28 heavy (non-hydrogen) atoms. The number of non-ortho nitro benzene ring substituents is 1. The standard InChI is InChI=1S/C21H21FN4O2/c22-17-4-2-16(3-5-17)15-24-10-1-11-25(13-12-24)20-6-7-21(26(27)28)19-14-23-9-8-18(19)20/h2-9,14H,1,10-13,15H2. The fourth-order valence-corrected chi connectivity index (χ4v) is 3.81. The molecule has 1 aromatic heterocycles. The number of anilines is 1. The fourth-order valence-electron chi connectivity index (χ4n) is 3.81. The van der Waals surface area contributed by atoms with E-state index in [1.54, 1.807) is 18.5 Å². The number of rotatable bonds is 4. The lowest BCUT2D eigenvalue weighted by molar-refractivity contribution is -0.383. The second-order valence-electron chi connectivity index (χ2n) is 7.03. The molecule has 0 radical (unpaired) electrons. The van der Waals surface area contributed by atoms with E-state index in [1.807, 2.05) is 24.3 Å². The van der Waals surface area contributed by atoms with Crippen LogP contribution in [-0.4, -0.2) is 41.0 Å². The monoisotopic (exact) mass is 380 g/mol. The van der Waals surface area contributed by atoms with Crippen LogP contribution in [0.25, 0.3) is 10.8 Å². The van der Waals surface area contributed by atoms with E-state index in [0.717, 1.165) is 55.8 Å². The maximum Gasteiger partial charge on any atom is 0.278 e. The molecular formula is C21H21FN4O2. The number of aromatic nitrogens is 1. The van der Waals surface area contributed by atoms with E-state index in [0.29, 0.717) is 5.39 Å². The van der Waals surface area contributed by atoms with Crippen molar-refractivity contribution in [1.29, 1.82) is 0 Å². The Labute approximate surface area is 162 Å². The molecule has 2 heterocycles. The molecule has 0 aliphatic carbocycles. The van der Waals surface area contributed by atoms with Crippen LogP contribution in [0.5, 0.6) is 0 Å². The van der Waals surface area contributed by atoms with Crippen LogP contribution in [0.3, 0.4) is 0 Å². The van der Waals surface area contributed by atoms with Crippen LogP contribution in [-0.2, 0) is 6.54 Å². The SMILES string of the molecule is O=[N+]([O-])c1ccc(N2CCCN(Cc3ccc(F)cc3)CC2)c2ccncc12. The molecule has 7 heteroatoms. The molecule has 144 valence electrons. The zero-order chi connectivity index (χ0) is 19.5. The highest BCUT2D eigenvalue weighted by Crippen LogP contribution is 2.33. The molecule has 1 aliphatic heterocycles. The molecule has 0 N–H and O–H groups in total. The van der Waals surface area contributed by atoms with Crippen molar-refractivity contribution in [3.05, 3.63) is 76.4 Å². The zero-order valence-corrected chi connectivity index (χ0v) is 15.4. The summed E-state index contributed by atoms with van der Waals surface area (Å²) in [4.78, 5) is 19.7. The molecule has 1 saturated heterocycles. The van der Waals surface area contributed by atoms with Crippen molar-refractivity contribution in [3.8, 4) is 0 Å². The van der Waals surface area contributed by atoms with Crippen molar-refractivity contribution < 1.29 is 9.31 Å². The first-order chi connectivity index (χ1) is 13.6. The van der Waals surface area contributed by atoms with Gasteiger partial charge in [0.1, 0.15) is 5.82 Å². The van der Waals surface area contributed by atoms with E-state index in [4.69, 9.17) is 0 Å². The molecule has 6 nitrogen and oxygen atoms in total. The lowest BCUT2D eigenvalue weighted by Gasteiger charge is -2.25. The number of halogens is 1. The summed E-state index contributed by atoms with van der Waals surface area (Å²) in [5, 5.41) is 12.8. The number of nitrogens with zero attached hydrogens (tertiary/aromatic N) is 4. The molecule has 0 amide bonds. The van der Waals surface area contributed by atoms with Gasteiger partial charge in [-0.05, 0) is 36.2 Å². The van der Waals surface area contributed by atoms with Crippen LogP contribution in [0.1, 0.15) is 12.0 Å². The number of hydrogen-bond acceptors (Lipinski definition) is 5. The Hall–Kier alpha value is -3.06. The van der Waals surface area contributed by atoms with Gasteiger partial charge in [-0.1, -0.05) is 12.1 Å². The minimum Gasteiger partial charge on any atom is -0.370 e. The highest BCUT2D eigenvalue weighted by molar-refractivity contribution is 5.99. The second kappa shape index (κ2) is 7.90. The summed E-state index contributed by atoms with van der Waals surface area (Å²) in [6.45, 7) is 4.34. The Morgan fingerprint density at radius 2 is 1.82 bits per heavy atom. The molecular weight excluding hydrogens is 359 g/mol. The predicted octanol–water partition coefficient (Wildman–Crippen LogP) is 3.99. The number of fused-ring (bicyclic) bond motifs is 1. The summed E-state index contributed by atoms with van der Waals surface area (Å²) in [7, 11) is 0. The Balaban J connectivity index is 1.54. The van der Waals surface area contributed by atoms with E-state index in [1.165, 1.54) is 12.1 Å². The molecule has 2 aromatic carbocycles. The van der Waals surface area contributed by atoms with Crippen molar-refractivity contribution >= 4 is 22.1 Å². The van der Waals surface area contributed by atoms with Crippen LogP contribution < -0.4 is 4.90 Å². The van der Waals surface area contributed by atoms with Crippen LogP contribution >= 0.6 is 0 Å². The number of pyridine rings is 1.